The van der Waals surface area contributed by atoms with Crippen molar-refractivity contribution in [3.63, 3.8) is 0 Å². The quantitative estimate of drug-likeness (QED) is 0.253. The first-order valence-electron chi connectivity index (χ1n) is 14.5. The Bertz CT molecular complexity index is 1450. The van der Waals surface area contributed by atoms with E-state index < -0.39 is 31.8 Å². The molecule has 0 amide bonds. The van der Waals surface area contributed by atoms with Crippen molar-refractivity contribution < 1.29 is 31.4 Å². The summed E-state index contributed by atoms with van der Waals surface area (Å²) in [6, 6.07) is 11.5. The molecular formula is C29H43BrN4O7S2. The molecule has 2 heterocycles. The zero-order valence-electron chi connectivity index (χ0n) is 25.0. The van der Waals surface area contributed by atoms with Crippen LogP contribution < -0.4 is 14.8 Å². The second-order valence-corrected chi connectivity index (χ2v) is 16.1. The molecule has 1 unspecified atom stereocenters. The molecule has 1 spiro atoms. The fourth-order valence-corrected chi connectivity index (χ4v) is 8.40. The van der Waals surface area contributed by atoms with Gasteiger partial charge < -0.3 is 24.8 Å². The number of ether oxygens (including phenoxy) is 2. The minimum absolute atomic E-state index is 0.00552. The number of para-hydroxylation sites is 1. The van der Waals surface area contributed by atoms with Gasteiger partial charge in [-0.1, -0.05) is 28.1 Å². The van der Waals surface area contributed by atoms with Gasteiger partial charge in [-0.15, -0.1) is 0 Å². The van der Waals surface area contributed by atoms with E-state index in [9.17, 15) is 21.9 Å². The van der Waals surface area contributed by atoms with E-state index in [2.05, 4.69) is 26.0 Å². The maximum Gasteiger partial charge on any atom is 0.244 e. The highest BCUT2D eigenvalue weighted by Crippen LogP contribution is 2.37. The predicted molar refractivity (Wildman–Crippen MR) is 168 cm³/mol. The Labute approximate surface area is 264 Å². The molecular weight excluding hydrogens is 660 g/mol. The number of piperidine rings is 1. The summed E-state index contributed by atoms with van der Waals surface area (Å²) in [5.74, 6) is 0.185. The number of benzene rings is 2. The zero-order chi connectivity index (χ0) is 31.3. The highest BCUT2D eigenvalue weighted by molar-refractivity contribution is 9.10. The van der Waals surface area contributed by atoms with Crippen LogP contribution in [0, 0.1) is 6.92 Å². The summed E-state index contributed by atoms with van der Waals surface area (Å²) in [5, 5.41) is 13.9. The number of aliphatic hydroxyl groups excluding tert-OH is 1. The molecule has 14 heteroatoms. The molecule has 2 saturated heterocycles. The molecule has 0 aliphatic carbocycles. The van der Waals surface area contributed by atoms with Crippen LogP contribution in [0.5, 0.6) is 5.75 Å². The molecule has 0 bridgehead atoms. The first-order valence-corrected chi connectivity index (χ1v) is 18.2. The molecule has 0 aromatic heterocycles. The number of halogens is 1. The van der Waals surface area contributed by atoms with Crippen LogP contribution in [0.15, 0.2) is 56.7 Å². The summed E-state index contributed by atoms with van der Waals surface area (Å²) in [6.07, 6.45) is 1.71. The maximum absolute atomic E-state index is 13.2. The van der Waals surface area contributed by atoms with Crippen LogP contribution in [-0.4, -0.2) is 109 Å². The second kappa shape index (κ2) is 14.6. The molecule has 2 atom stereocenters. The lowest BCUT2D eigenvalue weighted by Crippen LogP contribution is -2.47. The average Bonchev–Trinajstić information content (AvgIpc) is 3.36. The molecule has 3 N–H and O–H groups in total. The average molecular weight is 704 g/mol. The van der Waals surface area contributed by atoms with Gasteiger partial charge >= 0.3 is 0 Å². The second-order valence-electron chi connectivity index (χ2n) is 11.6. The molecule has 2 fully saturated rings. The van der Waals surface area contributed by atoms with E-state index in [1.807, 2.05) is 25.9 Å². The minimum Gasteiger partial charge on any atom is -0.489 e. The van der Waals surface area contributed by atoms with E-state index in [1.165, 1.54) is 10.4 Å². The van der Waals surface area contributed by atoms with Gasteiger partial charge in [-0.3, -0.25) is 0 Å². The monoisotopic (exact) mass is 702 g/mol. The molecule has 240 valence electrons. The van der Waals surface area contributed by atoms with Gasteiger partial charge in [0.2, 0.25) is 20.0 Å². The van der Waals surface area contributed by atoms with Crippen molar-refractivity contribution in [3.8, 4) is 5.75 Å². The summed E-state index contributed by atoms with van der Waals surface area (Å²) in [7, 11) is -3.48. The lowest BCUT2D eigenvalue weighted by molar-refractivity contribution is -0.0312. The van der Waals surface area contributed by atoms with E-state index in [4.69, 9.17) is 9.47 Å². The van der Waals surface area contributed by atoms with Crippen molar-refractivity contribution in [2.24, 2.45) is 0 Å². The van der Waals surface area contributed by atoms with E-state index in [0.29, 0.717) is 56.8 Å². The summed E-state index contributed by atoms with van der Waals surface area (Å²) >= 11 is 3.42. The highest BCUT2D eigenvalue weighted by atomic mass is 79.9. The van der Waals surface area contributed by atoms with Crippen LogP contribution in [0.4, 0.5) is 0 Å². The van der Waals surface area contributed by atoms with Crippen LogP contribution in [0.3, 0.4) is 0 Å². The van der Waals surface area contributed by atoms with Crippen molar-refractivity contribution in [3.05, 3.63) is 52.5 Å². The normalized spacial score (nSPS) is 20.1. The summed E-state index contributed by atoms with van der Waals surface area (Å²) < 4.78 is 69.0. The van der Waals surface area contributed by atoms with E-state index in [-0.39, 0.29) is 29.8 Å². The van der Waals surface area contributed by atoms with Crippen molar-refractivity contribution >= 4 is 36.0 Å². The van der Waals surface area contributed by atoms with Crippen LogP contribution in [0.2, 0.25) is 0 Å². The Morgan fingerprint density at radius 1 is 1.16 bits per heavy atom. The third kappa shape index (κ3) is 8.98. The Hall–Kier alpha value is -1.62. The lowest BCUT2D eigenvalue weighted by Gasteiger charge is -2.38. The molecule has 0 radical (unpaired) electrons. The molecule has 4 rings (SSSR count). The Morgan fingerprint density at radius 3 is 2.58 bits per heavy atom. The van der Waals surface area contributed by atoms with Gasteiger partial charge in [0.15, 0.2) is 0 Å². The highest BCUT2D eigenvalue weighted by Gasteiger charge is 2.44. The summed E-state index contributed by atoms with van der Waals surface area (Å²) in [4.78, 5) is 2.32. The van der Waals surface area contributed by atoms with Crippen LogP contribution in [-0.2, 0) is 24.8 Å². The fourth-order valence-electron chi connectivity index (χ4n) is 5.40. The molecule has 2 aliphatic rings. The third-order valence-corrected chi connectivity index (χ3v) is 12.2. The first kappa shape index (κ1) is 34.3. The molecule has 2 aromatic carbocycles. The summed E-state index contributed by atoms with van der Waals surface area (Å²) in [6.45, 7) is 4.33. The number of aliphatic hydroxyl groups is 1. The van der Waals surface area contributed by atoms with Crippen molar-refractivity contribution in [2.75, 3.05) is 60.0 Å². The third-order valence-electron chi connectivity index (χ3n) is 7.90. The first-order chi connectivity index (χ1) is 20.3. The smallest absolute Gasteiger partial charge is 0.244 e. The van der Waals surface area contributed by atoms with Crippen LogP contribution in [0.1, 0.15) is 31.2 Å². The topological polar surface area (TPSA) is 138 Å². The number of sulfonamides is 2. The minimum atomic E-state index is -3.76. The molecule has 43 heavy (non-hydrogen) atoms. The van der Waals surface area contributed by atoms with Crippen molar-refractivity contribution in [1.29, 1.82) is 0 Å². The van der Waals surface area contributed by atoms with Gasteiger partial charge in [-0.25, -0.2) is 21.6 Å². The van der Waals surface area contributed by atoms with E-state index in [1.54, 1.807) is 36.4 Å². The number of nitrogens with zero attached hydrogens (tertiary/aromatic N) is 2. The van der Waals surface area contributed by atoms with Gasteiger partial charge in [-0.05, 0) is 89.1 Å². The van der Waals surface area contributed by atoms with Crippen LogP contribution >= 0.6 is 15.9 Å². The number of hydrogen-bond donors (Lipinski definition) is 3. The van der Waals surface area contributed by atoms with Crippen molar-refractivity contribution in [2.45, 2.75) is 60.1 Å². The van der Waals surface area contributed by atoms with Gasteiger partial charge in [-0.2, -0.15) is 4.31 Å². The van der Waals surface area contributed by atoms with Gasteiger partial charge in [0.25, 0.3) is 0 Å². The Kier molecular flexibility index (Phi) is 11.7. The summed E-state index contributed by atoms with van der Waals surface area (Å²) in [5.41, 5.74) is 0.473. The standard InChI is InChI=1S/C29H43BrN4O7S2/c1-22-17-25(9-10-26(22)30)43(38,39)34-15-11-29(12-16-34)18-23(20-41-29)31-19-24(35)21-40-27-7-4-5-8-28(27)42(36,37)32-13-6-14-33(2)3/h4-5,7-10,17,23-24,31-32,35H,6,11-16,18-21H2,1-3H3/t23?,24-/m0/s1. The molecule has 2 aromatic rings. The molecule has 11 nitrogen and oxygen atoms in total. The van der Waals surface area contributed by atoms with Gasteiger partial charge in [0.05, 0.1) is 17.1 Å². The van der Waals surface area contributed by atoms with E-state index in [0.717, 1.165) is 16.6 Å². The zero-order valence-corrected chi connectivity index (χ0v) is 28.2. The SMILES string of the molecule is Cc1cc(S(=O)(=O)N2CCC3(CC2)CC(NC[C@H](O)COc2ccccc2S(=O)(=O)NCCCN(C)C)CO3)ccc1Br. The Morgan fingerprint density at radius 2 is 1.88 bits per heavy atom. The van der Waals surface area contributed by atoms with Crippen LogP contribution in [0.25, 0.3) is 0 Å². The molecule has 0 saturated carbocycles. The fraction of sp³-hybridized carbons (Fsp3) is 0.586. The number of rotatable bonds is 14. The van der Waals surface area contributed by atoms with E-state index >= 15 is 0 Å². The lowest BCUT2D eigenvalue weighted by atomic mass is 9.88. The number of hydrogen-bond acceptors (Lipinski definition) is 9. The molecule has 2 aliphatic heterocycles. The number of aryl methyl sites for hydroxylation is 1. The van der Waals surface area contributed by atoms with Gasteiger partial charge in [0.1, 0.15) is 23.4 Å². The van der Waals surface area contributed by atoms with Crippen molar-refractivity contribution in [1.82, 2.24) is 19.2 Å². The largest absolute Gasteiger partial charge is 0.489 e. The number of nitrogens with one attached hydrogen (secondary N) is 2. The maximum atomic E-state index is 13.2. The Balaban J connectivity index is 1.23. The van der Waals surface area contributed by atoms with Gasteiger partial charge in [0, 0.05) is 36.7 Å². The predicted octanol–water partition coefficient (Wildman–Crippen LogP) is 2.33.